The number of carboxylic acid groups (broad SMARTS) is 1. The van der Waals surface area contributed by atoms with Crippen molar-refractivity contribution in [2.24, 2.45) is 4.99 Å². The second-order valence-electron chi connectivity index (χ2n) is 7.29. The van der Waals surface area contributed by atoms with Crippen molar-refractivity contribution < 1.29 is 32.6 Å². The minimum atomic E-state index is -3.29. The van der Waals surface area contributed by atoms with Crippen LogP contribution in [0.1, 0.15) is 26.3 Å². The number of rotatable bonds is 2. The van der Waals surface area contributed by atoms with Crippen LogP contribution < -0.4 is 11.1 Å². The summed E-state index contributed by atoms with van der Waals surface area (Å²) >= 11 is 0. The van der Waals surface area contributed by atoms with Gasteiger partial charge in [-0.15, -0.1) is 0 Å². The highest BCUT2D eigenvalue weighted by atomic mass is 19.3. The Bertz CT molecular complexity index is 810. The standard InChI is InChI=1S/C17H21F3N4O4/c1-16(2,3)28-14(25)22-12-7-24(15(26)27)8-17(23-12,13(19)20)10-6-9(21)4-5-11(10)18/h4-6,13H,7-8,21H2,1-3H3,(H,26,27)(H,22,23,25). The molecule has 0 fully saturated rings. The number of benzene rings is 1. The summed E-state index contributed by atoms with van der Waals surface area (Å²) in [6, 6.07) is 3.05. The number of hydrogen-bond donors (Lipinski definition) is 3. The monoisotopic (exact) mass is 402 g/mol. The molecule has 1 aromatic carbocycles. The third kappa shape index (κ3) is 4.65. The van der Waals surface area contributed by atoms with Crippen molar-refractivity contribution in [2.75, 3.05) is 18.8 Å². The van der Waals surface area contributed by atoms with Gasteiger partial charge in [0.15, 0.2) is 5.54 Å². The van der Waals surface area contributed by atoms with Gasteiger partial charge in [0.1, 0.15) is 17.3 Å². The molecule has 1 unspecified atom stereocenters. The quantitative estimate of drug-likeness (QED) is 0.658. The summed E-state index contributed by atoms with van der Waals surface area (Å²) in [5, 5.41) is 11.5. The molecule has 4 N–H and O–H groups in total. The number of amides is 2. The number of aliphatic imine (C=N–C) groups is 1. The Kier molecular flexibility index (Phi) is 5.76. The first-order valence-electron chi connectivity index (χ1n) is 8.24. The first kappa shape index (κ1) is 21.3. The van der Waals surface area contributed by atoms with E-state index in [1.807, 2.05) is 0 Å². The summed E-state index contributed by atoms with van der Waals surface area (Å²) in [6.07, 6.45) is -5.83. The number of nitrogens with zero attached hydrogens (tertiary/aromatic N) is 2. The number of carbonyl (C=O) groups excluding carboxylic acids is 1. The Balaban J connectivity index is 2.54. The molecule has 1 atom stereocenters. The lowest BCUT2D eigenvalue weighted by Crippen LogP contribution is -2.56. The van der Waals surface area contributed by atoms with Crippen LogP contribution in [0.5, 0.6) is 0 Å². The normalized spacial score (nSPS) is 20.0. The zero-order chi connectivity index (χ0) is 21.3. The fourth-order valence-electron chi connectivity index (χ4n) is 2.72. The second kappa shape index (κ2) is 7.56. The summed E-state index contributed by atoms with van der Waals surface area (Å²) in [4.78, 5) is 27.9. The molecule has 2 rings (SSSR count). The molecule has 0 aliphatic carbocycles. The minimum Gasteiger partial charge on any atom is -0.465 e. The molecule has 0 saturated carbocycles. The van der Waals surface area contributed by atoms with Gasteiger partial charge in [-0.25, -0.2) is 22.8 Å². The van der Waals surface area contributed by atoms with Crippen LogP contribution in [0, 0.1) is 5.82 Å². The first-order chi connectivity index (χ1) is 12.8. The molecule has 0 spiro atoms. The number of alkyl halides is 2. The van der Waals surface area contributed by atoms with E-state index in [0.29, 0.717) is 4.90 Å². The van der Waals surface area contributed by atoms with Crippen LogP contribution in [0.2, 0.25) is 0 Å². The van der Waals surface area contributed by atoms with Crippen LogP contribution in [0.3, 0.4) is 0 Å². The molecule has 154 valence electrons. The predicted octanol–water partition coefficient (Wildman–Crippen LogP) is 2.79. The molecular formula is C17H21F3N4O4. The van der Waals surface area contributed by atoms with Crippen LogP contribution in [0.15, 0.2) is 23.2 Å². The number of alkyl carbamates (subject to hydrolysis) is 1. The van der Waals surface area contributed by atoms with Crippen molar-refractivity contribution in [3.63, 3.8) is 0 Å². The summed E-state index contributed by atoms with van der Waals surface area (Å²) in [7, 11) is 0. The van der Waals surface area contributed by atoms with E-state index in [2.05, 4.69) is 10.3 Å². The number of anilines is 1. The molecule has 8 nitrogen and oxygen atoms in total. The maximum absolute atomic E-state index is 14.4. The van der Waals surface area contributed by atoms with Gasteiger partial charge in [0.25, 0.3) is 6.43 Å². The van der Waals surface area contributed by atoms with Gasteiger partial charge in [-0.05, 0) is 39.0 Å². The molecule has 0 aromatic heterocycles. The molecule has 1 heterocycles. The van der Waals surface area contributed by atoms with Crippen LogP contribution in [-0.4, -0.2) is 53.1 Å². The van der Waals surface area contributed by atoms with Gasteiger partial charge in [0.05, 0.1) is 13.1 Å². The largest absolute Gasteiger partial charge is 0.465 e. The molecule has 1 aliphatic rings. The molecule has 1 aromatic rings. The van der Waals surface area contributed by atoms with E-state index in [1.165, 1.54) is 6.07 Å². The van der Waals surface area contributed by atoms with Gasteiger partial charge in [0.2, 0.25) is 0 Å². The van der Waals surface area contributed by atoms with E-state index < -0.39 is 60.1 Å². The molecule has 28 heavy (non-hydrogen) atoms. The Morgan fingerprint density at radius 2 is 2.04 bits per heavy atom. The van der Waals surface area contributed by atoms with E-state index in [4.69, 9.17) is 10.5 Å². The number of amidine groups is 1. The highest BCUT2D eigenvalue weighted by Gasteiger charge is 2.49. The number of carbonyl (C=O) groups is 2. The zero-order valence-corrected chi connectivity index (χ0v) is 15.5. The summed E-state index contributed by atoms with van der Waals surface area (Å²) in [5.74, 6) is -1.42. The van der Waals surface area contributed by atoms with Gasteiger partial charge in [0, 0.05) is 11.3 Å². The lowest BCUT2D eigenvalue weighted by atomic mass is 9.88. The number of nitrogens with two attached hydrogens (primary N) is 1. The fraction of sp³-hybridized carbons (Fsp3) is 0.471. The van der Waals surface area contributed by atoms with Crippen LogP contribution in [-0.2, 0) is 10.3 Å². The molecule has 0 bridgehead atoms. The van der Waals surface area contributed by atoms with Gasteiger partial charge < -0.3 is 15.6 Å². The van der Waals surface area contributed by atoms with Crippen molar-refractivity contribution >= 4 is 23.7 Å². The van der Waals surface area contributed by atoms with E-state index in [1.54, 1.807) is 20.8 Å². The third-order valence-corrected chi connectivity index (χ3v) is 3.84. The van der Waals surface area contributed by atoms with E-state index >= 15 is 0 Å². The van der Waals surface area contributed by atoms with Crippen LogP contribution in [0.25, 0.3) is 0 Å². The molecule has 0 radical (unpaired) electrons. The first-order valence-corrected chi connectivity index (χ1v) is 8.24. The van der Waals surface area contributed by atoms with Crippen molar-refractivity contribution in [3.05, 3.63) is 29.6 Å². The maximum Gasteiger partial charge on any atom is 0.413 e. The smallest absolute Gasteiger partial charge is 0.413 e. The lowest BCUT2D eigenvalue weighted by molar-refractivity contribution is 0.0242. The highest BCUT2D eigenvalue weighted by Crippen LogP contribution is 2.38. The van der Waals surface area contributed by atoms with Gasteiger partial charge in [-0.2, -0.15) is 0 Å². The number of ether oxygens (including phenoxy) is 1. The zero-order valence-electron chi connectivity index (χ0n) is 15.5. The summed E-state index contributed by atoms with van der Waals surface area (Å²) < 4.78 is 47.6. The van der Waals surface area contributed by atoms with Crippen molar-refractivity contribution in [1.82, 2.24) is 10.2 Å². The number of nitrogen functional groups attached to an aromatic ring is 1. The summed E-state index contributed by atoms with van der Waals surface area (Å²) in [5.41, 5.74) is 1.55. The number of hydrogen-bond acceptors (Lipinski definition) is 5. The molecule has 2 amide bonds. The Hall–Kier alpha value is -2.98. The van der Waals surface area contributed by atoms with Crippen molar-refractivity contribution in [1.29, 1.82) is 0 Å². The fourth-order valence-corrected chi connectivity index (χ4v) is 2.72. The van der Waals surface area contributed by atoms with Crippen molar-refractivity contribution in [3.8, 4) is 0 Å². The number of halogens is 3. The van der Waals surface area contributed by atoms with Crippen LogP contribution in [0.4, 0.5) is 28.4 Å². The summed E-state index contributed by atoms with van der Waals surface area (Å²) in [6.45, 7) is 3.46. The van der Waals surface area contributed by atoms with E-state index in [0.717, 1.165) is 12.1 Å². The van der Waals surface area contributed by atoms with E-state index in [9.17, 15) is 27.9 Å². The highest BCUT2D eigenvalue weighted by molar-refractivity contribution is 5.98. The molecule has 11 heteroatoms. The lowest BCUT2D eigenvalue weighted by Gasteiger charge is -2.39. The minimum absolute atomic E-state index is 0.000671. The molecular weight excluding hydrogens is 381 g/mol. The SMILES string of the molecule is CC(C)(C)OC(=O)NC1=NC(c2cc(N)ccc2F)(C(F)F)CN(C(=O)O)C1. The molecule has 1 aliphatic heterocycles. The van der Waals surface area contributed by atoms with Gasteiger partial charge in [-0.3, -0.25) is 15.2 Å². The van der Waals surface area contributed by atoms with Gasteiger partial charge in [-0.1, -0.05) is 0 Å². The van der Waals surface area contributed by atoms with E-state index in [-0.39, 0.29) is 5.69 Å². The third-order valence-electron chi connectivity index (χ3n) is 3.84. The average Bonchev–Trinajstić information content (AvgIpc) is 2.54. The predicted molar refractivity (Wildman–Crippen MR) is 94.9 cm³/mol. The van der Waals surface area contributed by atoms with Crippen LogP contribution >= 0.6 is 0 Å². The average molecular weight is 402 g/mol. The van der Waals surface area contributed by atoms with Gasteiger partial charge >= 0.3 is 12.2 Å². The second-order valence-corrected chi connectivity index (χ2v) is 7.29. The molecule has 0 saturated heterocycles. The van der Waals surface area contributed by atoms with Crippen molar-refractivity contribution in [2.45, 2.75) is 38.3 Å². The Morgan fingerprint density at radius 3 is 2.57 bits per heavy atom. The Labute approximate surface area is 159 Å². The topological polar surface area (TPSA) is 117 Å². The number of nitrogens with one attached hydrogen (secondary N) is 1. The maximum atomic E-state index is 14.4. The Morgan fingerprint density at radius 1 is 1.39 bits per heavy atom.